The molecule has 1 aromatic rings. The van der Waals surface area contributed by atoms with Crippen molar-refractivity contribution in [1.29, 1.82) is 0 Å². The zero-order chi connectivity index (χ0) is 11.1. The lowest BCUT2D eigenvalue weighted by atomic mass is 10.3. The summed E-state index contributed by atoms with van der Waals surface area (Å²) in [6, 6.07) is 0. The average molecular weight is 212 g/mol. The molecule has 1 aromatic heterocycles. The molecule has 84 valence electrons. The quantitative estimate of drug-likeness (QED) is 0.660. The fraction of sp³-hybridized carbons (Fsp3) is 0.600. The Morgan fingerprint density at radius 2 is 2.47 bits per heavy atom. The minimum absolute atomic E-state index is 0.159. The van der Waals surface area contributed by atoms with Crippen molar-refractivity contribution >= 4 is 5.97 Å². The summed E-state index contributed by atoms with van der Waals surface area (Å²) in [5, 5.41) is 3.62. The number of hydrogen-bond acceptors (Lipinski definition) is 5. The van der Waals surface area contributed by atoms with Gasteiger partial charge < -0.3 is 14.2 Å². The first-order valence-electron chi connectivity index (χ1n) is 4.86. The number of carbonyl (C=O) groups is 1. The number of esters is 1. The van der Waals surface area contributed by atoms with E-state index in [9.17, 15) is 4.79 Å². The molecule has 0 radical (unpaired) electrons. The second-order valence-corrected chi connectivity index (χ2v) is 3.45. The Labute approximate surface area is 89.0 Å². The third-order valence-electron chi connectivity index (χ3n) is 2.08. The molecule has 15 heavy (non-hydrogen) atoms. The zero-order valence-corrected chi connectivity index (χ0v) is 9.10. The van der Waals surface area contributed by atoms with Crippen LogP contribution in [0.15, 0.2) is 17.0 Å². The molecule has 0 bridgehead atoms. The maximum absolute atomic E-state index is 10.8. The SMILES string of the molecule is COC(=O)CCCN(C)Cc1cnoc1. The van der Waals surface area contributed by atoms with Crippen LogP contribution in [-0.2, 0) is 16.1 Å². The van der Waals surface area contributed by atoms with Crippen molar-refractivity contribution in [3.8, 4) is 0 Å². The van der Waals surface area contributed by atoms with Crippen molar-refractivity contribution < 1.29 is 14.1 Å². The van der Waals surface area contributed by atoms with Crippen molar-refractivity contribution in [2.45, 2.75) is 19.4 Å². The lowest BCUT2D eigenvalue weighted by Crippen LogP contribution is -2.19. The second-order valence-electron chi connectivity index (χ2n) is 3.45. The first-order valence-corrected chi connectivity index (χ1v) is 4.86. The molecule has 0 aliphatic heterocycles. The fourth-order valence-electron chi connectivity index (χ4n) is 1.29. The molecular formula is C10H16N2O3. The van der Waals surface area contributed by atoms with E-state index in [1.165, 1.54) is 7.11 Å². The summed E-state index contributed by atoms with van der Waals surface area (Å²) in [4.78, 5) is 13.0. The van der Waals surface area contributed by atoms with Crippen molar-refractivity contribution in [3.63, 3.8) is 0 Å². The molecule has 0 fully saturated rings. The summed E-state index contributed by atoms with van der Waals surface area (Å²) < 4.78 is 9.28. The molecule has 0 spiro atoms. The molecule has 1 rings (SSSR count). The third kappa shape index (κ3) is 4.60. The molecule has 0 aliphatic carbocycles. The van der Waals surface area contributed by atoms with Gasteiger partial charge in [-0.2, -0.15) is 0 Å². The molecule has 0 N–H and O–H groups in total. The highest BCUT2D eigenvalue weighted by atomic mass is 16.5. The van der Waals surface area contributed by atoms with E-state index < -0.39 is 0 Å². The van der Waals surface area contributed by atoms with Crippen LogP contribution < -0.4 is 0 Å². The monoisotopic (exact) mass is 212 g/mol. The van der Waals surface area contributed by atoms with E-state index in [2.05, 4.69) is 14.8 Å². The first-order chi connectivity index (χ1) is 7.22. The largest absolute Gasteiger partial charge is 0.469 e. The van der Waals surface area contributed by atoms with E-state index in [-0.39, 0.29) is 5.97 Å². The van der Waals surface area contributed by atoms with Crippen LogP contribution in [0.1, 0.15) is 18.4 Å². The maximum Gasteiger partial charge on any atom is 0.305 e. The molecule has 0 saturated heterocycles. The van der Waals surface area contributed by atoms with Gasteiger partial charge in [-0.15, -0.1) is 0 Å². The first kappa shape index (κ1) is 11.7. The number of methoxy groups -OCH3 is 1. The molecule has 0 aliphatic rings. The Morgan fingerprint density at radius 3 is 3.07 bits per heavy atom. The smallest absolute Gasteiger partial charge is 0.305 e. The average Bonchev–Trinajstić information content (AvgIpc) is 2.70. The van der Waals surface area contributed by atoms with E-state index in [4.69, 9.17) is 4.52 Å². The van der Waals surface area contributed by atoms with Gasteiger partial charge in [0, 0.05) is 18.5 Å². The van der Waals surface area contributed by atoms with Crippen LogP contribution >= 0.6 is 0 Å². The number of nitrogens with zero attached hydrogens (tertiary/aromatic N) is 2. The highest BCUT2D eigenvalue weighted by molar-refractivity contribution is 5.69. The minimum Gasteiger partial charge on any atom is -0.469 e. The van der Waals surface area contributed by atoms with Crippen LogP contribution in [-0.4, -0.2) is 36.7 Å². The van der Waals surface area contributed by atoms with E-state index in [1.54, 1.807) is 12.5 Å². The molecule has 0 atom stereocenters. The minimum atomic E-state index is -0.159. The topological polar surface area (TPSA) is 55.6 Å². The number of hydrogen-bond donors (Lipinski definition) is 0. The highest BCUT2D eigenvalue weighted by Crippen LogP contribution is 2.02. The molecule has 0 aromatic carbocycles. The number of ether oxygens (including phenoxy) is 1. The molecule has 0 amide bonds. The van der Waals surface area contributed by atoms with Crippen molar-refractivity contribution in [2.75, 3.05) is 20.7 Å². The summed E-state index contributed by atoms with van der Waals surface area (Å²) in [5.74, 6) is -0.159. The van der Waals surface area contributed by atoms with E-state index in [0.29, 0.717) is 6.42 Å². The highest BCUT2D eigenvalue weighted by Gasteiger charge is 2.04. The van der Waals surface area contributed by atoms with Gasteiger partial charge in [0.1, 0.15) is 6.26 Å². The van der Waals surface area contributed by atoms with Gasteiger partial charge in [-0.1, -0.05) is 5.16 Å². The number of rotatable bonds is 6. The lowest BCUT2D eigenvalue weighted by molar-refractivity contribution is -0.140. The fourth-order valence-corrected chi connectivity index (χ4v) is 1.29. The van der Waals surface area contributed by atoms with Gasteiger partial charge in [0.2, 0.25) is 0 Å². The van der Waals surface area contributed by atoms with Crippen molar-refractivity contribution in [2.24, 2.45) is 0 Å². The molecular weight excluding hydrogens is 196 g/mol. The van der Waals surface area contributed by atoms with Gasteiger partial charge in [0.05, 0.1) is 13.3 Å². The Morgan fingerprint density at radius 1 is 1.67 bits per heavy atom. The van der Waals surface area contributed by atoms with Gasteiger partial charge in [0.15, 0.2) is 0 Å². The van der Waals surface area contributed by atoms with E-state index in [1.807, 2.05) is 7.05 Å². The molecule has 0 saturated carbocycles. The Kier molecular flexibility index (Phi) is 4.83. The molecule has 0 unspecified atom stereocenters. The number of carbonyl (C=O) groups excluding carboxylic acids is 1. The maximum atomic E-state index is 10.8. The van der Waals surface area contributed by atoms with Crippen LogP contribution in [0.5, 0.6) is 0 Å². The predicted octanol–water partition coefficient (Wildman–Crippen LogP) is 1.06. The summed E-state index contributed by atoms with van der Waals surface area (Å²) >= 11 is 0. The van der Waals surface area contributed by atoms with Crippen molar-refractivity contribution in [1.82, 2.24) is 10.1 Å². The zero-order valence-electron chi connectivity index (χ0n) is 9.10. The Bertz CT molecular complexity index is 285. The van der Waals surface area contributed by atoms with Crippen LogP contribution in [0, 0.1) is 0 Å². The summed E-state index contributed by atoms with van der Waals surface area (Å²) in [7, 11) is 3.40. The predicted molar refractivity (Wildman–Crippen MR) is 54.1 cm³/mol. The standard InChI is InChI=1S/C10H16N2O3/c1-12(5-3-4-10(13)14-2)7-9-6-11-15-8-9/h6,8H,3-5,7H2,1-2H3. The second kappa shape index (κ2) is 6.19. The third-order valence-corrected chi connectivity index (χ3v) is 2.08. The molecule has 1 heterocycles. The van der Waals surface area contributed by atoms with Gasteiger partial charge in [0.25, 0.3) is 0 Å². The van der Waals surface area contributed by atoms with Crippen molar-refractivity contribution in [3.05, 3.63) is 18.0 Å². The van der Waals surface area contributed by atoms with Gasteiger partial charge >= 0.3 is 5.97 Å². The van der Waals surface area contributed by atoms with E-state index >= 15 is 0 Å². The lowest BCUT2D eigenvalue weighted by Gasteiger charge is -2.14. The Hall–Kier alpha value is -1.36. The number of aromatic nitrogens is 1. The van der Waals surface area contributed by atoms with Crippen LogP contribution in [0.3, 0.4) is 0 Å². The van der Waals surface area contributed by atoms with Gasteiger partial charge in [-0.3, -0.25) is 4.79 Å². The molecule has 5 heteroatoms. The van der Waals surface area contributed by atoms with Gasteiger partial charge in [-0.05, 0) is 20.0 Å². The summed E-state index contributed by atoms with van der Waals surface area (Å²) in [6.07, 6.45) is 4.58. The normalized spacial score (nSPS) is 10.6. The Balaban J connectivity index is 2.14. The van der Waals surface area contributed by atoms with Crippen LogP contribution in [0.4, 0.5) is 0 Å². The van der Waals surface area contributed by atoms with Gasteiger partial charge in [-0.25, -0.2) is 0 Å². The molecule has 5 nitrogen and oxygen atoms in total. The van der Waals surface area contributed by atoms with Crippen LogP contribution in [0.2, 0.25) is 0 Å². The summed E-state index contributed by atoms with van der Waals surface area (Å²) in [5.41, 5.74) is 1.04. The van der Waals surface area contributed by atoms with Crippen LogP contribution in [0.25, 0.3) is 0 Å². The summed E-state index contributed by atoms with van der Waals surface area (Å²) in [6.45, 7) is 1.63. The van der Waals surface area contributed by atoms with E-state index in [0.717, 1.165) is 25.1 Å².